The maximum Gasteiger partial charge on any atom is 0.119 e. The zero-order valence-corrected chi connectivity index (χ0v) is 20.4. The number of hydrogen-bond donors (Lipinski definition) is 1. The van der Waals surface area contributed by atoms with E-state index in [0.717, 1.165) is 20.5 Å². The quantitative estimate of drug-likeness (QED) is 0.413. The Bertz CT molecular complexity index is 775. The molecule has 3 heteroatoms. The van der Waals surface area contributed by atoms with E-state index in [1.54, 1.807) is 11.1 Å². The van der Waals surface area contributed by atoms with Crippen LogP contribution in [0.2, 0.25) is 0 Å². The molecule has 0 unspecified atom stereocenters. The minimum Gasteiger partial charge on any atom is -0.508 e. The summed E-state index contributed by atoms with van der Waals surface area (Å²) in [6.45, 7) is 15.7. The van der Waals surface area contributed by atoms with Crippen molar-refractivity contribution in [3.05, 3.63) is 53.1 Å². The summed E-state index contributed by atoms with van der Waals surface area (Å²) in [5.41, 5.74) is 4.11. The number of phenolic OH excluding ortho intramolecular Hbond substituents is 1. The van der Waals surface area contributed by atoms with Gasteiger partial charge in [0.05, 0.1) is 9.52 Å². The van der Waals surface area contributed by atoms with E-state index in [9.17, 15) is 5.11 Å². The van der Waals surface area contributed by atoms with Gasteiger partial charge in [-0.05, 0) is 64.8 Å². The third-order valence-electron chi connectivity index (χ3n) is 4.79. The van der Waals surface area contributed by atoms with Crippen molar-refractivity contribution >= 4 is 26.5 Å². The van der Waals surface area contributed by atoms with Crippen LogP contribution in [-0.4, -0.2) is 20.0 Å². The summed E-state index contributed by atoms with van der Waals surface area (Å²) in [5.74, 6) is 1.77. The zero-order chi connectivity index (χ0) is 20.9. The van der Waals surface area contributed by atoms with Crippen molar-refractivity contribution in [1.82, 2.24) is 0 Å². The summed E-state index contributed by atoms with van der Waals surface area (Å²) in [6.07, 6.45) is 2.34. The van der Waals surface area contributed by atoms with Crippen molar-refractivity contribution in [2.45, 2.75) is 71.6 Å². The number of thioether (sulfide) groups is 1. The van der Waals surface area contributed by atoms with E-state index < -0.39 is 0 Å². The van der Waals surface area contributed by atoms with Crippen molar-refractivity contribution < 1.29 is 5.11 Å². The molecule has 152 valence electrons. The molecule has 0 saturated heterocycles. The Morgan fingerprint density at radius 2 is 1.64 bits per heavy atom. The van der Waals surface area contributed by atoms with Gasteiger partial charge in [-0.2, -0.15) is 0 Å². The van der Waals surface area contributed by atoms with Gasteiger partial charge in [0.25, 0.3) is 0 Å². The van der Waals surface area contributed by atoms with Crippen LogP contribution in [0.3, 0.4) is 0 Å². The van der Waals surface area contributed by atoms with Gasteiger partial charge in [-0.15, -0.1) is 11.8 Å². The molecule has 0 saturated carbocycles. The second-order valence-corrected chi connectivity index (χ2v) is 12.3. The van der Waals surface area contributed by atoms with Crippen molar-refractivity contribution in [2.75, 3.05) is 5.38 Å². The first-order valence-electron chi connectivity index (χ1n) is 10.4. The van der Waals surface area contributed by atoms with Crippen molar-refractivity contribution in [1.29, 1.82) is 0 Å². The van der Waals surface area contributed by atoms with Crippen LogP contribution in [0.25, 0.3) is 0 Å². The van der Waals surface area contributed by atoms with E-state index in [0.29, 0.717) is 17.6 Å². The number of rotatable bonds is 8. The number of hydrogen-bond acceptors (Lipinski definition) is 2. The predicted molar refractivity (Wildman–Crippen MR) is 126 cm³/mol. The molecule has 1 nitrogen and oxygen atoms in total. The molecule has 0 amide bonds. The topological polar surface area (TPSA) is 20.2 Å². The summed E-state index contributed by atoms with van der Waals surface area (Å²) >= 11 is 1.90. The number of phenols is 1. The van der Waals surface area contributed by atoms with Gasteiger partial charge in [-0.3, -0.25) is 0 Å². The maximum atomic E-state index is 10.2. The molecule has 2 aromatic carbocycles. The van der Waals surface area contributed by atoms with Crippen LogP contribution in [0.4, 0.5) is 0 Å². The summed E-state index contributed by atoms with van der Waals surface area (Å²) in [6, 6.07) is 13.0. The lowest BCUT2D eigenvalue weighted by Gasteiger charge is -2.21. The van der Waals surface area contributed by atoms with Gasteiger partial charge in [0.15, 0.2) is 0 Å². The van der Waals surface area contributed by atoms with E-state index in [1.165, 1.54) is 22.9 Å². The fourth-order valence-electron chi connectivity index (χ4n) is 3.48. The second kappa shape index (κ2) is 10.0. The van der Waals surface area contributed by atoms with E-state index in [2.05, 4.69) is 72.7 Å². The van der Waals surface area contributed by atoms with Crippen LogP contribution >= 0.6 is 11.8 Å². The number of aromatic hydroxyl groups is 1. The maximum absolute atomic E-state index is 10.2. The Morgan fingerprint density at radius 3 is 2.25 bits per heavy atom. The molecule has 0 fully saturated rings. The highest BCUT2D eigenvalue weighted by molar-refractivity contribution is 8.00. The average Bonchev–Trinajstić information content (AvgIpc) is 2.57. The fourth-order valence-corrected chi connectivity index (χ4v) is 6.12. The smallest absolute Gasteiger partial charge is 0.119 e. The van der Waals surface area contributed by atoms with Gasteiger partial charge in [-0.1, -0.05) is 71.9 Å². The minimum absolute atomic E-state index is 0.0431. The predicted octanol–water partition coefficient (Wildman–Crippen LogP) is 6.17. The van der Waals surface area contributed by atoms with Crippen LogP contribution in [0.15, 0.2) is 41.3 Å². The Balaban J connectivity index is 2.14. The molecule has 2 rings (SSSR count). The van der Waals surface area contributed by atoms with Crippen molar-refractivity contribution in [3.63, 3.8) is 0 Å². The zero-order valence-electron chi connectivity index (χ0n) is 18.6. The average molecular weight is 413 g/mol. The van der Waals surface area contributed by atoms with Crippen molar-refractivity contribution in [3.8, 4) is 5.75 Å². The lowest BCUT2D eigenvalue weighted by Crippen LogP contribution is -2.24. The summed E-state index contributed by atoms with van der Waals surface area (Å²) < 4.78 is 0. The molecular weight excluding hydrogens is 376 g/mol. The van der Waals surface area contributed by atoms with Gasteiger partial charge < -0.3 is 5.11 Å². The first-order valence-corrected chi connectivity index (χ1v) is 12.6. The van der Waals surface area contributed by atoms with Crippen LogP contribution < -0.4 is 5.19 Å². The lowest BCUT2D eigenvalue weighted by atomic mass is 9.86. The van der Waals surface area contributed by atoms with Gasteiger partial charge in [0.1, 0.15) is 5.75 Å². The molecule has 1 N–H and O–H groups in total. The highest BCUT2D eigenvalue weighted by atomic mass is 32.2. The molecule has 0 aliphatic rings. The molecule has 0 spiro atoms. The van der Waals surface area contributed by atoms with Gasteiger partial charge >= 0.3 is 0 Å². The molecular formula is C25H36OSSi. The van der Waals surface area contributed by atoms with Crippen LogP contribution in [0, 0.1) is 11.8 Å². The standard InChI is InChI=1S/C25H36OSSi/c1-17(2)13-19-9-8-10-24(21(19)14-18(3)4)28-16-27-20-11-12-23(26)22(15-20)25(5,6)7/h8-12,15,17-18,26H,13-14,16H2,1-7H3. The number of benzene rings is 2. The summed E-state index contributed by atoms with van der Waals surface area (Å²) in [5, 5.41) is 12.8. The Hall–Kier alpha value is -1.19. The lowest BCUT2D eigenvalue weighted by molar-refractivity contribution is 0.446. The van der Waals surface area contributed by atoms with Gasteiger partial charge in [-0.25, -0.2) is 0 Å². The summed E-state index contributed by atoms with van der Waals surface area (Å²) in [7, 11) is 0.803. The van der Waals surface area contributed by atoms with Gasteiger partial charge in [0.2, 0.25) is 0 Å². The third-order valence-corrected chi connectivity index (χ3v) is 7.38. The largest absolute Gasteiger partial charge is 0.508 e. The Labute approximate surface area is 179 Å². The molecule has 0 aliphatic heterocycles. The minimum atomic E-state index is -0.0431. The Morgan fingerprint density at radius 1 is 0.964 bits per heavy atom. The van der Waals surface area contributed by atoms with Crippen LogP contribution in [-0.2, 0) is 18.3 Å². The first-order chi connectivity index (χ1) is 13.1. The second-order valence-electron chi connectivity index (χ2n) is 9.53. The molecule has 2 aromatic rings. The molecule has 28 heavy (non-hydrogen) atoms. The van der Waals surface area contributed by atoms with Crippen LogP contribution in [0.5, 0.6) is 5.75 Å². The monoisotopic (exact) mass is 412 g/mol. The van der Waals surface area contributed by atoms with E-state index >= 15 is 0 Å². The SMILES string of the molecule is CC(C)Cc1cccc([Si]CSc2ccc(O)c(C(C)(C)C)c2)c1CC(C)C. The van der Waals surface area contributed by atoms with Gasteiger partial charge in [0, 0.05) is 10.5 Å². The fraction of sp³-hybridized carbons (Fsp3) is 0.520. The molecule has 0 bridgehead atoms. The first kappa shape index (κ1) is 23.1. The van der Waals surface area contributed by atoms with E-state index in [1.807, 2.05) is 23.9 Å². The Kier molecular flexibility index (Phi) is 8.26. The molecule has 0 aromatic heterocycles. The van der Waals surface area contributed by atoms with E-state index in [4.69, 9.17) is 0 Å². The summed E-state index contributed by atoms with van der Waals surface area (Å²) in [4.78, 5) is 1.25. The molecule has 0 aliphatic carbocycles. The van der Waals surface area contributed by atoms with Crippen LogP contribution in [0.1, 0.15) is 65.2 Å². The molecule has 2 radical (unpaired) electrons. The third kappa shape index (κ3) is 6.70. The molecule has 0 heterocycles. The van der Waals surface area contributed by atoms with E-state index in [-0.39, 0.29) is 5.41 Å². The highest BCUT2D eigenvalue weighted by Gasteiger charge is 2.18. The highest BCUT2D eigenvalue weighted by Crippen LogP contribution is 2.33. The molecule has 0 atom stereocenters. The van der Waals surface area contributed by atoms with Crippen molar-refractivity contribution in [2.24, 2.45) is 11.8 Å². The normalized spacial score (nSPS) is 12.2.